The maximum atomic E-state index is 12.9. The van der Waals surface area contributed by atoms with Crippen LogP contribution < -0.4 is 10.2 Å². The summed E-state index contributed by atoms with van der Waals surface area (Å²) in [6, 6.07) is 11.9. The molecule has 172 valence electrons. The van der Waals surface area contributed by atoms with Crippen LogP contribution in [0.25, 0.3) is 0 Å². The number of hydrogen-bond donors (Lipinski definition) is 1. The van der Waals surface area contributed by atoms with Gasteiger partial charge in [-0.3, -0.25) is 14.5 Å². The maximum absolute atomic E-state index is 12.9. The first-order valence-electron chi connectivity index (χ1n) is 10.8. The van der Waals surface area contributed by atoms with Gasteiger partial charge in [0.25, 0.3) is 0 Å². The molecular weight excluding hydrogens is 437 g/mol. The fraction of sp³-hybridized carbons (Fsp3) is 0.417. The number of alkyl halides is 3. The lowest BCUT2D eigenvalue weighted by Crippen LogP contribution is -2.28. The maximum Gasteiger partial charge on any atom is 0.416 e. The molecule has 4 nitrogen and oxygen atoms in total. The highest BCUT2D eigenvalue weighted by Gasteiger charge is 2.35. The fourth-order valence-corrected chi connectivity index (χ4v) is 4.88. The molecule has 3 rings (SSSR count). The smallest absolute Gasteiger partial charge is 0.326 e. The van der Waals surface area contributed by atoms with Crippen molar-refractivity contribution < 1.29 is 22.8 Å². The first-order chi connectivity index (χ1) is 15.2. The molecule has 0 spiro atoms. The Hall–Kier alpha value is -2.48. The van der Waals surface area contributed by atoms with Gasteiger partial charge in [-0.25, -0.2) is 0 Å². The molecule has 1 N–H and O–H groups in total. The Morgan fingerprint density at radius 1 is 1.12 bits per heavy atom. The molecule has 8 heteroatoms. The minimum Gasteiger partial charge on any atom is -0.326 e. The molecule has 1 aliphatic rings. The number of benzene rings is 2. The minimum absolute atomic E-state index is 0.00509. The van der Waals surface area contributed by atoms with Crippen molar-refractivity contribution in [3.63, 3.8) is 0 Å². The van der Waals surface area contributed by atoms with E-state index in [9.17, 15) is 22.8 Å². The summed E-state index contributed by atoms with van der Waals surface area (Å²) in [7, 11) is 0. The number of amides is 2. The van der Waals surface area contributed by atoms with Crippen molar-refractivity contribution in [2.45, 2.75) is 51.1 Å². The zero-order valence-corrected chi connectivity index (χ0v) is 18.9. The highest BCUT2D eigenvalue weighted by Crippen LogP contribution is 2.42. The van der Waals surface area contributed by atoms with Gasteiger partial charge < -0.3 is 5.32 Å². The largest absolute Gasteiger partial charge is 0.416 e. The van der Waals surface area contributed by atoms with Crippen LogP contribution >= 0.6 is 11.8 Å². The highest BCUT2D eigenvalue weighted by molar-refractivity contribution is 8.00. The van der Waals surface area contributed by atoms with Crippen molar-refractivity contribution in [1.82, 2.24) is 0 Å². The Bertz CT molecular complexity index is 930. The van der Waals surface area contributed by atoms with E-state index in [2.05, 4.69) is 12.2 Å². The van der Waals surface area contributed by atoms with E-state index in [1.165, 1.54) is 28.8 Å². The molecule has 0 unspecified atom stereocenters. The SMILES string of the molecule is CCCC[C@@H](CC)C(=O)Nc1ccc([C@@H]2SCC(=O)N2c2ccc(C(F)(F)F)cc2)cc1. The molecule has 0 radical (unpaired) electrons. The fourth-order valence-electron chi connectivity index (χ4n) is 3.71. The van der Waals surface area contributed by atoms with E-state index in [-0.39, 0.29) is 28.9 Å². The number of nitrogens with zero attached hydrogens (tertiary/aromatic N) is 1. The van der Waals surface area contributed by atoms with Crippen molar-refractivity contribution >= 4 is 35.0 Å². The van der Waals surface area contributed by atoms with Gasteiger partial charge in [0.05, 0.1) is 11.3 Å². The predicted molar refractivity (Wildman–Crippen MR) is 123 cm³/mol. The Morgan fingerprint density at radius 2 is 1.78 bits per heavy atom. The lowest BCUT2D eigenvalue weighted by Gasteiger charge is -2.25. The van der Waals surface area contributed by atoms with Crippen LogP contribution in [0, 0.1) is 5.92 Å². The van der Waals surface area contributed by atoms with Gasteiger partial charge in [-0.1, -0.05) is 38.8 Å². The number of carbonyl (C=O) groups excluding carboxylic acids is 2. The molecule has 2 amide bonds. The third-order valence-electron chi connectivity index (χ3n) is 5.57. The molecule has 1 saturated heterocycles. The molecule has 1 heterocycles. The van der Waals surface area contributed by atoms with E-state index in [1.807, 2.05) is 19.1 Å². The third kappa shape index (κ3) is 5.65. The zero-order chi connectivity index (χ0) is 23.3. The summed E-state index contributed by atoms with van der Waals surface area (Å²) in [6.45, 7) is 4.11. The van der Waals surface area contributed by atoms with Gasteiger partial charge in [-0.2, -0.15) is 13.2 Å². The van der Waals surface area contributed by atoms with Gasteiger partial charge in [-0.05, 0) is 54.8 Å². The second-order valence-corrected chi connectivity index (χ2v) is 8.90. The number of halogens is 3. The van der Waals surface area contributed by atoms with Gasteiger partial charge in [0, 0.05) is 17.3 Å². The quantitative estimate of drug-likeness (QED) is 0.476. The van der Waals surface area contributed by atoms with Crippen LogP contribution in [0.5, 0.6) is 0 Å². The Labute approximate surface area is 190 Å². The standard InChI is InChI=1S/C24H27F3N2O2S/c1-3-5-6-16(4-2)22(31)28-19-11-7-17(8-12-19)23-29(21(30)15-32-23)20-13-9-18(10-14-20)24(25,26)27/h7-14,16,23H,3-6,15H2,1-2H3,(H,28,31)/t16-,23+/m1/s1. The van der Waals surface area contributed by atoms with Crippen LogP contribution in [0.4, 0.5) is 24.5 Å². The summed E-state index contributed by atoms with van der Waals surface area (Å²) in [5.41, 5.74) is 1.21. The summed E-state index contributed by atoms with van der Waals surface area (Å²) < 4.78 is 38.6. The first-order valence-corrected chi connectivity index (χ1v) is 11.8. The number of nitrogens with one attached hydrogen (secondary N) is 1. The molecule has 2 aromatic carbocycles. The Morgan fingerprint density at radius 3 is 2.34 bits per heavy atom. The monoisotopic (exact) mass is 464 g/mol. The van der Waals surface area contributed by atoms with Gasteiger partial charge >= 0.3 is 6.18 Å². The molecule has 1 fully saturated rings. The van der Waals surface area contributed by atoms with Gasteiger partial charge in [-0.15, -0.1) is 11.8 Å². The molecule has 32 heavy (non-hydrogen) atoms. The summed E-state index contributed by atoms with van der Waals surface area (Å²) in [4.78, 5) is 26.5. The summed E-state index contributed by atoms with van der Waals surface area (Å²) in [6.07, 6.45) is -0.717. The predicted octanol–water partition coefficient (Wildman–Crippen LogP) is 6.64. The topological polar surface area (TPSA) is 49.4 Å². The van der Waals surface area contributed by atoms with Crippen LogP contribution in [0.2, 0.25) is 0 Å². The van der Waals surface area contributed by atoms with E-state index in [0.29, 0.717) is 11.4 Å². The van der Waals surface area contributed by atoms with Crippen molar-refractivity contribution in [2.24, 2.45) is 5.92 Å². The van der Waals surface area contributed by atoms with Crippen molar-refractivity contribution in [2.75, 3.05) is 16.0 Å². The lowest BCUT2D eigenvalue weighted by molar-refractivity contribution is -0.137. The molecule has 0 aliphatic carbocycles. The molecule has 2 atom stereocenters. The van der Waals surface area contributed by atoms with Crippen LogP contribution in [0.3, 0.4) is 0 Å². The lowest BCUT2D eigenvalue weighted by atomic mass is 9.98. The molecular formula is C24H27F3N2O2S. The molecule has 2 aromatic rings. The van der Waals surface area contributed by atoms with Gasteiger partial charge in [0.1, 0.15) is 5.37 Å². The van der Waals surface area contributed by atoms with E-state index < -0.39 is 11.7 Å². The number of rotatable bonds is 8. The molecule has 0 bridgehead atoms. The second-order valence-electron chi connectivity index (χ2n) is 7.83. The van der Waals surface area contributed by atoms with E-state index in [0.717, 1.165) is 43.4 Å². The number of thioether (sulfide) groups is 1. The Kier molecular flexibility index (Phi) is 7.87. The van der Waals surface area contributed by atoms with Crippen molar-refractivity contribution in [1.29, 1.82) is 0 Å². The number of carbonyl (C=O) groups is 2. The summed E-state index contributed by atoms with van der Waals surface area (Å²) in [5, 5.41) is 2.62. The van der Waals surface area contributed by atoms with Crippen LogP contribution in [-0.2, 0) is 15.8 Å². The zero-order valence-electron chi connectivity index (χ0n) is 18.1. The first kappa shape index (κ1) is 24.2. The number of hydrogen-bond acceptors (Lipinski definition) is 3. The van der Waals surface area contributed by atoms with Crippen molar-refractivity contribution in [3.05, 3.63) is 59.7 Å². The summed E-state index contributed by atoms with van der Waals surface area (Å²) in [5.74, 6) is 0.0805. The van der Waals surface area contributed by atoms with E-state index >= 15 is 0 Å². The number of unbranched alkanes of at least 4 members (excludes halogenated alkanes) is 1. The average Bonchev–Trinajstić information content (AvgIpc) is 3.15. The highest BCUT2D eigenvalue weighted by atomic mass is 32.2. The third-order valence-corrected chi connectivity index (χ3v) is 6.79. The molecule has 1 aliphatic heterocycles. The van der Waals surface area contributed by atoms with Gasteiger partial charge in [0.2, 0.25) is 11.8 Å². The normalized spacial score (nSPS) is 17.5. The van der Waals surface area contributed by atoms with E-state index in [1.54, 1.807) is 12.1 Å². The average molecular weight is 465 g/mol. The van der Waals surface area contributed by atoms with Crippen molar-refractivity contribution in [3.8, 4) is 0 Å². The van der Waals surface area contributed by atoms with Crippen LogP contribution in [0.15, 0.2) is 48.5 Å². The van der Waals surface area contributed by atoms with Gasteiger partial charge in [0.15, 0.2) is 0 Å². The van der Waals surface area contributed by atoms with Crippen LogP contribution in [-0.4, -0.2) is 17.6 Å². The molecule has 0 aromatic heterocycles. The Balaban J connectivity index is 1.73. The number of anilines is 2. The minimum atomic E-state index is -4.42. The second kappa shape index (κ2) is 10.4. The summed E-state index contributed by atoms with van der Waals surface area (Å²) >= 11 is 1.42. The molecule has 0 saturated carbocycles. The van der Waals surface area contributed by atoms with E-state index in [4.69, 9.17) is 0 Å². The van der Waals surface area contributed by atoms with Crippen LogP contribution in [0.1, 0.15) is 56.0 Å².